The summed E-state index contributed by atoms with van der Waals surface area (Å²) in [5, 5.41) is 26.0. The van der Waals surface area contributed by atoms with Crippen LogP contribution in [0.1, 0.15) is 19.3 Å². The van der Waals surface area contributed by atoms with Crippen molar-refractivity contribution in [1.82, 2.24) is 0 Å². The summed E-state index contributed by atoms with van der Waals surface area (Å²) < 4.78 is 30.6. The van der Waals surface area contributed by atoms with E-state index in [9.17, 15) is 8.42 Å². The Bertz CT molecular complexity index is 453. The molecule has 19 heavy (non-hydrogen) atoms. The largest absolute Gasteiger partial charge is 0.285 e. The van der Waals surface area contributed by atoms with Gasteiger partial charge >= 0.3 is 0 Å². The van der Waals surface area contributed by atoms with Crippen LogP contribution in [0, 0.1) is 34.0 Å². The van der Waals surface area contributed by atoms with Crippen LogP contribution in [0.3, 0.4) is 0 Å². The van der Waals surface area contributed by atoms with Gasteiger partial charge in [-0.15, -0.1) is 0 Å². The predicted octanol–water partition coefficient (Wildman–Crippen LogP) is 1.63. The molecule has 0 atom stereocenters. The Hall–Kier alpha value is -1.19. The van der Waals surface area contributed by atoms with E-state index in [0.29, 0.717) is 18.5 Å². The maximum Gasteiger partial charge on any atom is 0.268 e. The van der Waals surface area contributed by atoms with Gasteiger partial charge in [0.25, 0.3) is 10.1 Å². The highest BCUT2D eigenvalue weighted by atomic mass is 32.2. The highest BCUT2D eigenvalue weighted by Gasteiger charge is 2.37. The molecule has 0 saturated carbocycles. The van der Waals surface area contributed by atoms with Crippen molar-refractivity contribution < 1.29 is 13.0 Å². The van der Waals surface area contributed by atoms with Crippen LogP contribution in [0.5, 0.6) is 0 Å². The first kappa shape index (κ1) is 17.8. The molecule has 6 nitrogen and oxygen atoms in total. The van der Waals surface area contributed by atoms with Gasteiger partial charge in [-0.25, -0.2) is 0 Å². The number of nitrogens with zero attached hydrogens (tertiary/aromatic N) is 3. The van der Waals surface area contributed by atoms with Crippen LogP contribution in [0.15, 0.2) is 0 Å². The molecule has 0 bridgehead atoms. The SMILES string of the molecule is N#CCC[P+](CCC#N)(CCC#N)CCS(=O)(=O)O. The maximum absolute atomic E-state index is 10.9. The summed E-state index contributed by atoms with van der Waals surface area (Å²) in [6.07, 6.45) is 2.77. The number of hydrogen-bond acceptors (Lipinski definition) is 5. The summed E-state index contributed by atoms with van der Waals surface area (Å²) >= 11 is 0. The highest BCUT2D eigenvalue weighted by Crippen LogP contribution is 2.59. The van der Waals surface area contributed by atoms with E-state index >= 15 is 0 Å². The summed E-state index contributed by atoms with van der Waals surface area (Å²) in [6.45, 7) is 0. The van der Waals surface area contributed by atoms with Gasteiger partial charge < -0.3 is 0 Å². The van der Waals surface area contributed by atoms with E-state index in [-0.39, 0.29) is 31.2 Å². The average Bonchev–Trinajstić information content (AvgIpc) is 2.36. The van der Waals surface area contributed by atoms with E-state index in [1.807, 2.05) is 18.2 Å². The van der Waals surface area contributed by atoms with Gasteiger partial charge in [-0.2, -0.15) is 24.2 Å². The molecule has 0 aromatic heterocycles. The van der Waals surface area contributed by atoms with Crippen LogP contribution in [0.2, 0.25) is 0 Å². The first-order chi connectivity index (χ1) is 8.89. The second-order valence-electron chi connectivity index (χ2n) is 4.25. The second kappa shape index (κ2) is 8.83. The van der Waals surface area contributed by atoms with Crippen LogP contribution in [0.4, 0.5) is 0 Å². The zero-order chi connectivity index (χ0) is 14.8. The summed E-state index contributed by atoms with van der Waals surface area (Å²) in [6, 6.07) is 6.07. The molecule has 0 unspecified atom stereocenters. The van der Waals surface area contributed by atoms with Crippen molar-refractivity contribution in [3.63, 3.8) is 0 Å². The molecule has 0 rings (SSSR count). The number of rotatable bonds is 9. The van der Waals surface area contributed by atoms with Crippen LogP contribution >= 0.6 is 7.26 Å². The maximum atomic E-state index is 10.9. The lowest BCUT2D eigenvalue weighted by molar-refractivity contribution is 0.485. The Morgan fingerprint density at radius 3 is 1.47 bits per heavy atom. The van der Waals surface area contributed by atoms with E-state index in [0.717, 1.165) is 0 Å². The van der Waals surface area contributed by atoms with Crippen LogP contribution in [0.25, 0.3) is 0 Å². The van der Waals surface area contributed by atoms with Gasteiger partial charge in [-0.1, -0.05) is 0 Å². The molecule has 0 aromatic carbocycles. The lowest BCUT2D eigenvalue weighted by Gasteiger charge is -2.24. The van der Waals surface area contributed by atoms with Crippen molar-refractivity contribution in [2.75, 3.05) is 30.4 Å². The van der Waals surface area contributed by atoms with Crippen molar-refractivity contribution in [2.45, 2.75) is 19.3 Å². The summed E-state index contributed by atoms with van der Waals surface area (Å²) in [5.74, 6) is -0.358. The fraction of sp³-hybridized carbons (Fsp3) is 0.727. The Morgan fingerprint density at radius 1 is 0.842 bits per heavy atom. The van der Waals surface area contributed by atoms with E-state index in [1.54, 1.807) is 0 Å². The molecule has 104 valence electrons. The molecule has 0 heterocycles. The Kier molecular flexibility index (Phi) is 8.28. The van der Waals surface area contributed by atoms with Crippen molar-refractivity contribution in [3.8, 4) is 18.2 Å². The van der Waals surface area contributed by atoms with Crippen molar-refractivity contribution in [2.24, 2.45) is 0 Å². The third-order valence-corrected chi connectivity index (χ3v) is 8.63. The molecule has 0 spiro atoms. The Morgan fingerprint density at radius 2 is 1.21 bits per heavy atom. The van der Waals surface area contributed by atoms with Crippen LogP contribution in [-0.4, -0.2) is 43.4 Å². The molecule has 0 aromatic rings. The fourth-order valence-corrected chi connectivity index (χ4v) is 7.38. The summed E-state index contributed by atoms with van der Waals surface area (Å²) in [4.78, 5) is 0. The molecule has 8 heteroatoms. The van der Waals surface area contributed by atoms with Gasteiger partial charge in [-0.3, -0.25) is 4.55 Å². The standard InChI is InChI=1S/C11H16N3O3PS/c12-4-1-7-18(8-2-5-13,9-3-6-14)10-11-19(15,16)17/h1-3,7-11H2/p+1. The van der Waals surface area contributed by atoms with E-state index in [4.69, 9.17) is 20.3 Å². The monoisotopic (exact) mass is 302 g/mol. The molecular formula is C11H17N3O3PS+. The smallest absolute Gasteiger partial charge is 0.268 e. The molecule has 0 aliphatic heterocycles. The molecule has 0 saturated heterocycles. The number of hydrogen-bond donors (Lipinski definition) is 1. The molecule has 0 radical (unpaired) electrons. The first-order valence-corrected chi connectivity index (χ1v) is 9.94. The first-order valence-electron chi connectivity index (χ1n) is 5.80. The fourth-order valence-electron chi connectivity index (χ4n) is 1.84. The van der Waals surface area contributed by atoms with Gasteiger partial charge in [0.1, 0.15) is 5.75 Å². The van der Waals surface area contributed by atoms with Crippen molar-refractivity contribution in [1.29, 1.82) is 15.8 Å². The lowest BCUT2D eigenvalue weighted by Crippen LogP contribution is -2.18. The normalized spacial score (nSPS) is 11.3. The minimum atomic E-state index is -4.05. The molecule has 0 aliphatic rings. The minimum absolute atomic E-state index is 0.275. The van der Waals surface area contributed by atoms with E-state index in [2.05, 4.69) is 0 Å². The molecule has 0 aliphatic carbocycles. The van der Waals surface area contributed by atoms with E-state index < -0.39 is 17.4 Å². The Balaban J connectivity index is 4.94. The molecular weight excluding hydrogens is 285 g/mol. The zero-order valence-electron chi connectivity index (χ0n) is 10.6. The Labute approximate surface area is 114 Å². The highest BCUT2D eigenvalue weighted by molar-refractivity contribution is 7.87. The van der Waals surface area contributed by atoms with Gasteiger partial charge in [0.15, 0.2) is 0 Å². The van der Waals surface area contributed by atoms with Gasteiger partial charge in [-0.05, 0) is 0 Å². The van der Waals surface area contributed by atoms with Crippen LogP contribution in [-0.2, 0) is 10.1 Å². The lowest BCUT2D eigenvalue weighted by atomic mass is 10.5. The van der Waals surface area contributed by atoms with Gasteiger partial charge in [0.2, 0.25) is 0 Å². The van der Waals surface area contributed by atoms with E-state index in [1.165, 1.54) is 0 Å². The average molecular weight is 302 g/mol. The van der Waals surface area contributed by atoms with Crippen molar-refractivity contribution in [3.05, 3.63) is 0 Å². The second-order valence-corrected chi connectivity index (χ2v) is 10.3. The van der Waals surface area contributed by atoms with Gasteiger partial charge in [0.05, 0.1) is 62.1 Å². The third-order valence-electron chi connectivity index (χ3n) is 2.92. The minimum Gasteiger partial charge on any atom is -0.285 e. The van der Waals surface area contributed by atoms with Crippen molar-refractivity contribution >= 4 is 17.4 Å². The molecule has 0 amide bonds. The predicted molar refractivity (Wildman–Crippen MR) is 73.5 cm³/mol. The number of nitriles is 3. The van der Waals surface area contributed by atoms with Gasteiger partial charge in [0, 0.05) is 7.26 Å². The summed E-state index contributed by atoms with van der Waals surface area (Å²) in [7, 11) is -5.90. The van der Waals surface area contributed by atoms with Crippen LogP contribution < -0.4 is 0 Å². The quantitative estimate of drug-likeness (QED) is 0.509. The molecule has 1 N–H and O–H groups in total. The zero-order valence-corrected chi connectivity index (χ0v) is 12.3. The third kappa shape index (κ3) is 8.51. The molecule has 0 fully saturated rings. The topological polar surface area (TPSA) is 126 Å². The summed E-state index contributed by atoms with van der Waals surface area (Å²) in [5.41, 5.74) is 0.